The molecule has 39 heavy (non-hydrogen) atoms. The Morgan fingerprint density at radius 2 is 1.49 bits per heavy atom. The number of carbonyl (C=O) groups is 4. The van der Waals surface area contributed by atoms with Crippen LogP contribution in [0.5, 0.6) is 0 Å². The second-order valence-corrected chi connectivity index (χ2v) is 11.2. The molecule has 4 aliphatic rings. The molecule has 1 spiro atoms. The Morgan fingerprint density at radius 1 is 0.846 bits per heavy atom. The molecule has 1 saturated carbocycles. The Balaban J connectivity index is 1.40. The van der Waals surface area contributed by atoms with E-state index in [0.29, 0.717) is 50.9 Å². The lowest BCUT2D eigenvalue weighted by molar-refractivity contribution is -0.142. The summed E-state index contributed by atoms with van der Waals surface area (Å²) in [5.41, 5.74) is 1.53. The summed E-state index contributed by atoms with van der Waals surface area (Å²) < 4.78 is 0. The Labute approximate surface area is 228 Å². The molecule has 1 N–H and O–H groups in total. The van der Waals surface area contributed by atoms with Gasteiger partial charge >= 0.3 is 0 Å². The maximum Gasteiger partial charge on any atom is 0.268 e. The van der Waals surface area contributed by atoms with Crippen LogP contribution in [0.2, 0.25) is 0 Å². The van der Waals surface area contributed by atoms with Gasteiger partial charge in [0.1, 0.15) is 11.6 Å². The zero-order valence-corrected chi connectivity index (χ0v) is 22.1. The van der Waals surface area contributed by atoms with Crippen LogP contribution in [0.15, 0.2) is 65.7 Å². The normalized spacial score (nSPS) is 29.7. The van der Waals surface area contributed by atoms with Crippen LogP contribution in [0, 0.1) is 0 Å². The van der Waals surface area contributed by atoms with Crippen molar-refractivity contribution in [1.29, 1.82) is 0 Å². The van der Waals surface area contributed by atoms with Gasteiger partial charge < -0.3 is 10.2 Å². The summed E-state index contributed by atoms with van der Waals surface area (Å²) in [5.74, 6) is -0.652. The standard InChI is InChI=1S/C31H34N4O4/c36-27-20-31(27)26(18-22-11-5-2-6-12-22)33-28(37)19-23(17-21-9-3-1-4-10-21)32-29(38)24-13-7-15-34(24)30(39)25-14-8-16-35(25)31/h1-6,9-12,24-26H,7-8,13-20H2,(H,33,37)/t24-,25-,26-,31?/m1/s1. The molecule has 1 unspecified atom stereocenters. The first-order valence-corrected chi connectivity index (χ1v) is 14.0. The molecule has 8 heteroatoms. The van der Waals surface area contributed by atoms with Crippen molar-refractivity contribution in [1.82, 2.24) is 15.1 Å². The highest BCUT2D eigenvalue weighted by Crippen LogP contribution is 2.46. The van der Waals surface area contributed by atoms with Crippen LogP contribution in [0.1, 0.15) is 49.7 Å². The van der Waals surface area contributed by atoms with Crippen LogP contribution in [-0.4, -0.2) is 75.8 Å². The second kappa shape index (κ2) is 10.5. The molecule has 3 fully saturated rings. The average Bonchev–Trinajstić information content (AvgIpc) is 3.30. The van der Waals surface area contributed by atoms with Crippen LogP contribution < -0.4 is 5.32 Å². The number of ketones is 1. The molecule has 3 heterocycles. The van der Waals surface area contributed by atoms with Gasteiger partial charge in [-0.05, 0) is 43.2 Å². The van der Waals surface area contributed by atoms with Gasteiger partial charge in [0.25, 0.3) is 5.91 Å². The van der Waals surface area contributed by atoms with Crippen LogP contribution >= 0.6 is 0 Å². The van der Waals surface area contributed by atoms with E-state index < -0.39 is 23.7 Å². The largest absolute Gasteiger partial charge is 0.350 e. The molecule has 202 valence electrons. The first-order valence-electron chi connectivity index (χ1n) is 14.0. The number of nitrogens with zero attached hydrogens (tertiary/aromatic N) is 3. The predicted octanol–water partition coefficient (Wildman–Crippen LogP) is 2.49. The molecular weight excluding hydrogens is 492 g/mol. The molecule has 0 aromatic heterocycles. The van der Waals surface area contributed by atoms with Gasteiger partial charge in [-0.25, -0.2) is 4.99 Å². The van der Waals surface area contributed by atoms with Gasteiger partial charge in [0.2, 0.25) is 11.8 Å². The fourth-order valence-electron chi connectivity index (χ4n) is 6.78. The van der Waals surface area contributed by atoms with Crippen LogP contribution in [0.3, 0.4) is 0 Å². The van der Waals surface area contributed by atoms with Crippen molar-refractivity contribution in [2.75, 3.05) is 13.1 Å². The molecule has 2 aromatic carbocycles. The Morgan fingerprint density at radius 3 is 2.18 bits per heavy atom. The Bertz CT molecular complexity index is 1310. The van der Waals surface area contributed by atoms with Crippen LogP contribution in [0.25, 0.3) is 0 Å². The third-order valence-electron chi connectivity index (χ3n) is 8.74. The molecular formula is C31H34N4O4. The summed E-state index contributed by atoms with van der Waals surface area (Å²) in [4.78, 5) is 62.5. The molecule has 4 atom stereocenters. The SMILES string of the molecule is O=C1CC(Cc2ccccc2)=NC(=O)[C@H]2CCCN2C(=O)[C@H]2CCCN2C2(CC2=O)[C@@H](Cc2ccccc2)N1. The first-order chi connectivity index (χ1) is 19.0. The number of carbonyl (C=O) groups excluding carboxylic acids is 4. The van der Waals surface area contributed by atoms with E-state index in [2.05, 4.69) is 15.2 Å². The summed E-state index contributed by atoms with van der Waals surface area (Å²) in [7, 11) is 0. The van der Waals surface area contributed by atoms with Crippen molar-refractivity contribution < 1.29 is 19.2 Å². The van der Waals surface area contributed by atoms with E-state index >= 15 is 0 Å². The van der Waals surface area contributed by atoms with E-state index in [-0.39, 0.29) is 29.9 Å². The van der Waals surface area contributed by atoms with E-state index in [1.807, 2.05) is 60.7 Å². The van der Waals surface area contributed by atoms with Crippen LogP contribution in [0.4, 0.5) is 0 Å². The number of fused-ring (bicyclic) bond motifs is 3. The lowest BCUT2D eigenvalue weighted by atomic mass is 9.94. The fourth-order valence-corrected chi connectivity index (χ4v) is 6.78. The highest BCUT2D eigenvalue weighted by atomic mass is 16.2. The number of hydrogen-bond acceptors (Lipinski definition) is 5. The first kappa shape index (κ1) is 25.6. The van der Waals surface area contributed by atoms with Gasteiger partial charge in [-0.1, -0.05) is 60.7 Å². The lowest BCUT2D eigenvalue weighted by Gasteiger charge is -2.38. The topological polar surface area (TPSA) is 99.2 Å². The molecule has 2 aromatic rings. The van der Waals surface area contributed by atoms with Crippen LogP contribution in [-0.2, 0) is 32.0 Å². The van der Waals surface area contributed by atoms with E-state index in [0.717, 1.165) is 24.0 Å². The minimum Gasteiger partial charge on any atom is -0.350 e. The van der Waals surface area contributed by atoms with E-state index in [1.165, 1.54) is 0 Å². The highest BCUT2D eigenvalue weighted by Gasteiger charge is 2.66. The summed E-state index contributed by atoms with van der Waals surface area (Å²) in [6.45, 7) is 1.13. The van der Waals surface area contributed by atoms with Crippen molar-refractivity contribution in [3.8, 4) is 0 Å². The van der Waals surface area contributed by atoms with E-state index in [4.69, 9.17) is 0 Å². The van der Waals surface area contributed by atoms with Gasteiger partial charge in [-0.15, -0.1) is 0 Å². The third kappa shape index (κ3) is 4.93. The Hall–Kier alpha value is -3.65. The van der Waals surface area contributed by atoms with Gasteiger partial charge in [0, 0.05) is 31.6 Å². The molecule has 6 rings (SSSR count). The predicted molar refractivity (Wildman–Crippen MR) is 146 cm³/mol. The van der Waals surface area contributed by atoms with Gasteiger partial charge in [-0.2, -0.15) is 0 Å². The number of nitrogens with one attached hydrogen (secondary N) is 1. The monoisotopic (exact) mass is 526 g/mol. The highest BCUT2D eigenvalue weighted by molar-refractivity contribution is 6.10. The summed E-state index contributed by atoms with van der Waals surface area (Å²) in [6, 6.07) is 17.9. The maximum absolute atomic E-state index is 14.0. The van der Waals surface area contributed by atoms with Crippen molar-refractivity contribution in [2.24, 2.45) is 4.99 Å². The molecule has 3 amide bonds. The van der Waals surface area contributed by atoms with Crippen molar-refractivity contribution in [2.45, 2.75) is 75.0 Å². The lowest BCUT2D eigenvalue weighted by Crippen LogP contribution is -2.60. The van der Waals surface area contributed by atoms with Gasteiger partial charge in [0.05, 0.1) is 18.5 Å². The number of benzene rings is 2. The third-order valence-corrected chi connectivity index (χ3v) is 8.74. The number of aliphatic imine (C=N–C) groups is 1. The molecule has 0 bridgehead atoms. The van der Waals surface area contributed by atoms with Gasteiger partial charge in [0.15, 0.2) is 5.78 Å². The number of rotatable bonds is 4. The van der Waals surface area contributed by atoms with Crippen molar-refractivity contribution >= 4 is 29.2 Å². The van der Waals surface area contributed by atoms with Crippen molar-refractivity contribution in [3.05, 3.63) is 71.8 Å². The fraction of sp³-hybridized carbons (Fsp3) is 0.452. The molecule has 1 aliphatic carbocycles. The van der Waals surface area contributed by atoms with Gasteiger partial charge in [-0.3, -0.25) is 24.1 Å². The van der Waals surface area contributed by atoms with E-state index in [1.54, 1.807) is 4.90 Å². The quantitative estimate of drug-likeness (QED) is 0.660. The zero-order valence-electron chi connectivity index (χ0n) is 22.1. The van der Waals surface area contributed by atoms with Crippen molar-refractivity contribution in [3.63, 3.8) is 0 Å². The summed E-state index contributed by atoms with van der Waals surface area (Å²) in [5, 5.41) is 3.18. The summed E-state index contributed by atoms with van der Waals surface area (Å²) >= 11 is 0. The Kier molecular flexibility index (Phi) is 6.89. The van der Waals surface area contributed by atoms with E-state index in [9.17, 15) is 19.2 Å². The average molecular weight is 527 g/mol. The number of hydrogen-bond donors (Lipinski definition) is 1. The number of Topliss-reactive ketones (excluding diaryl/α,β-unsaturated/α-hetero) is 1. The maximum atomic E-state index is 14.0. The smallest absolute Gasteiger partial charge is 0.268 e. The minimum absolute atomic E-state index is 0.0414. The molecule has 2 saturated heterocycles. The summed E-state index contributed by atoms with van der Waals surface area (Å²) in [6.07, 6.45) is 3.84. The molecule has 0 radical (unpaired) electrons. The minimum atomic E-state index is -0.910. The molecule has 3 aliphatic heterocycles. The second-order valence-electron chi connectivity index (χ2n) is 11.2. The number of amides is 3. The zero-order chi connectivity index (χ0) is 27.0. The molecule has 8 nitrogen and oxygen atoms in total.